The molecule has 0 aliphatic rings. The van der Waals surface area contributed by atoms with Gasteiger partial charge in [0.2, 0.25) is 5.91 Å². The summed E-state index contributed by atoms with van der Waals surface area (Å²) < 4.78 is 19.1. The molecule has 0 aromatic heterocycles. The zero-order chi connectivity index (χ0) is 15.8. The van der Waals surface area contributed by atoms with Gasteiger partial charge in [-0.25, -0.2) is 4.39 Å². The summed E-state index contributed by atoms with van der Waals surface area (Å²) in [5, 5.41) is 2.50. The molecule has 1 amide bonds. The summed E-state index contributed by atoms with van der Waals surface area (Å²) in [7, 11) is 0. The third kappa shape index (κ3) is 4.45. The van der Waals surface area contributed by atoms with Gasteiger partial charge in [-0.3, -0.25) is 4.79 Å². The van der Waals surface area contributed by atoms with Crippen LogP contribution in [0.4, 0.5) is 10.1 Å². The average molecular weight is 299 g/mol. The van der Waals surface area contributed by atoms with Gasteiger partial charge in [0.1, 0.15) is 11.6 Å². The Balaban J connectivity index is 2.05. The molecule has 0 heterocycles. The predicted octanol–water partition coefficient (Wildman–Crippen LogP) is 4.27. The Labute approximate surface area is 129 Å². The van der Waals surface area contributed by atoms with Crippen LogP contribution in [-0.4, -0.2) is 12.5 Å². The van der Waals surface area contributed by atoms with E-state index in [2.05, 4.69) is 5.32 Å². The summed E-state index contributed by atoms with van der Waals surface area (Å²) >= 11 is 0. The fourth-order valence-corrected chi connectivity index (χ4v) is 1.86. The molecule has 2 aromatic rings. The van der Waals surface area contributed by atoms with E-state index < -0.39 is 11.7 Å². The Bertz CT molecular complexity index is 668. The van der Waals surface area contributed by atoms with E-state index >= 15 is 0 Å². The fourth-order valence-electron chi connectivity index (χ4n) is 1.86. The number of carbonyl (C=O) groups excluding carboxylic acids is 1. The molecule has 1 N–H and O–H groups in total. The molecule has 3 nitrogen and oxygen atoms in total. The van der Waals surface area contributed by atoms with Crippen LogP contribution < -0.4 is 10.1 Å². The first kappa shape index (κ1) is 15.8. The van der Waals surface area contributed by atoms with E-state index in [1.807, 2.05) is 31.2 Å². The SMILES string of the molecule is CCCOc1ccccc1/C=C/C(=O)Nc1ccccc1F. The lowest BCUT2D eigenvalue weighted by Gasteiger charge is -2.07. The number of hydrogen-bond donors (Lipinski definition) is 1. The highest BCUT2D eigenvalue weighted by Gasteiger charge is 2.04. The topological polar surface area (TPSA) is 38.3 Å². The molecule has 0 fully saturated rings. The minimum Gasteiger partial charge on any atom is -0.493 e. The zero-order valence-electron chi connectivity index (χ0n) is 12.4. The van der Waals surface area contributed by atoms with Crippen LogP contribution in [0.5, 0.6) is 5.75 Å². The van der Waals surface area contributed by atoms with Crippen LogP contribution in [0.25, 0.3) is 6.08 Å². The first-order chi connectivity index (χ1) is 10.7. The standard InChI is InChI=1S/C18H18FNO2/c1-2-13-22-17-10-6-3-7-14(17)11-12-18(21)20-16-9-5-4-8-15(16)19/h3-12H,2,13H2,1H3,(H,20,21)/b12-11+. The minimum atomic E-state index is -0.462. The van der Waals surface area contributed by atoms with Crippen molar-refractivity contribution in [2.24, 2.45) is 0 Å². The molecule has 0 unspecified atom stereocenters. The molecule has 114 valence electrons. The number of rotatable bonds is 6. The maximum Gasteiger partial charge on any atom is 0.248 e. The second-order valence-electron chi connectivity index (χ2n) is 4.69. The molecular weight excluding hydrogens is 281 g/mol. The quantitative estimate of drug-likeness (QED) is 0.809. The monoisotopic (exact) mass is 299 g/mol. The Morgan fingerprint density at radius 3 is 2.68 bits per heavy atom. The Hall–Kier alpha value is -2.62. The van der Waals surface area contributed by atoms with Gasteiger partial charge in [-0.1, -0.05) is 37.3 Å². The van der Waals surface area contributed by atoms with Crippen molar-refractivity contribution in [2.75, 3.05) is 11.9 Å². The summed E-state index contributed by atoms with van der Waals surface area (Å²) in [6.45, 7) is 2.65. The first-order valence-corrected chi connectivity index (χ1v) is 7.16. The van der Waals surface area contributed by atoms with Crippen molar-refractivity contribution >= 4 is 17.7 Å². The van der Waals surface area contributed by atoms with E-state index in [0.29, 0.717) is 6.61 Å². The molecule has 0 radical (unpaired) electrons. The van der Waals surface area contributed by atoms with Gasteiger partial charge in [-0.05, 0) is 30.7 Å². The molecule has 2 rings (SSSR count). The number of amides is 1. The van der Waals surface area contributed by atoms with Gasteiger partial charge in [0.15, 0.2) is 0 Å². The average Bonchev–Trinajstić information content (AvgIpc) is 2.54. The number of ether oxygens (including phenoxy) is 1. The number of para-hydroxylation sites is 2. The highest BCUT2D eigenvalue weighted by molar-refractivity contribution is 6.02. The second-order valence-corrected chi connectivity index (χ2v) is 4.69. The lowest BCUT2D eigenvalue weighted by atomic mass is 10.2. The summed E-state index contributed by atoms with van der Waals surface area (Å²) in [5.41, 5.74) is 0.965. The molecule has 0 bridgehead atoms. The highest BCUT2D eigenvalue weighted by atomic mass is 19.1. The molecule has 0 saturated carbocycles. The van der Waals surface area contributed by atoms with Crippen molar-refractivity contribution in [3.8, 4) is 5.75 Å². The number of anilines is 1. The minimum absolute atomic E-state index is 0.160. The van der Waals surface area contributed by atoms with Gasteiger partial charge < -0.3 is 10.1 Å². The molecule has 0 spiro atoms. The maximum atomic E-state index is 13.5. The number of halogens is 1. The van der Waals surface area contributed by atoms with E-state index in [0.717, 1.165) is 17.7 Å². The van der Waals surface area contributed by atoms with Gasteiger partial charge in [-0.2, -0.15) is 0 Å². The van der Waals surface area contributed by atoms with Crippen LogP contribution >= 0.6 is 0 Å². The second kappa shape index (κ2) is 7.98. The van der Waals surface area contributed by atoms with Crippen LogP contribution in [0.1, 0.15) is 18.9 Å². The first-order valence-electron chi connectivity index (χ1n) is 7.16. The molecule has 0 aliphatic heterocycles. The molecular formula is C18H18FNO2. The molecule has 0 saturated heterocycles. The third-order valence-electron chi connectivity index (χ3n) is 2.93. The third-order valence-corrected chi connectivity index (χ3v) is 2.93. The van der Waals surface area contributed by atoms with Gasteiger partial charge in [0.25, 0.3) is 0 Å². The van der Waals surface area contributed by atoms with E-state index in [1.54, 1.807) is 18.2 Å². The smallest absolute Gasteiger partial charge is 0.248 e. The van der Waals surface area contributed by atoms with Crippen molar-refractivity contribution in [3.05, 3.63) is 66.0 Å². The molecule has 22 heavy (non-hydrogen) atoms. The largest absolute Gasteiger partial charge is 0.493 e. The lowest BCUT2D eigenvalue weighted by Crippen LogP contribution is -2.09. The lowest BCUT2D eigenvalue weighted by molar-refractivity contribution is -0.111. The van der Waals surface area contributed by atoms with Gasteiger partial charge in [0.05, 0.1) is 12.3 Å². The maximum absolute atomic E-state index is 13.5. The van der Waals surface area contributed by atoms with Crippen LogP contribution in [0.3, 0.4) is 0 Å². The summed E-state index contributed by atoms with van der Waals surface area (Å²) in [6, 6.07) is 13.5. The Morgan fingerprint density at radius 2 is 1.91 bits per heavy atom. The fraction of sp³-hybridized carbons (Fsp3) is 0.167. The van der Waals surface area contributed by atoms with Crippen LogP contribution in [0.2, 0.25) is 0 Å². The van der Waals surface area contributed by atoms with Gasteiger partial charge >= 0.3 is 0 Å². The van der Waals surface area contributed by atoms with Crippen molar-refractivity contribution in [3.63, 3.8) is 0 Å². The number of carbonyl (C=O) groups is 1. The normalized spacial score (nSPS) is 10.6. The van der Waals surface area contributed by atoms with Gasteiger partial charge in [-0.15, -0.1) is 0 Å². The van der Waals surface area contributed by atoms with Crippen molar-refractivity contribution < 1.29 is 13.9 Å². The van der Waals surface area contributed by atoms with Crippen LogP contribution in [0.15, 0.2) is 54.6 Å². The summed E-state index contributed by atoms with van der Waals surface area (Å²) in [6.07, 6.45) is 3.92. The summed E-state index contributed by atoms with van der Waals surface area (Å²) in [5.74, 6) is -0.134. The molecule has 4 heteroatoms. The number of hydrogen-bond acceptors (Lipinski definition) is 2. The van der Waals surface area contributed by atoms with Crippen LogP contribution in [0, 0.1) is 5.82 Å². The van der Waals surface area contributed by atoms with Gasteiger partial charge in [0, 0.05) is 11.6 Å². The Kier molecular flexibility index (Phi) is 5.72. The van der Waals surface area contributed by atoms with E-state index in [1.165, 1.54) is 18.2 Å². The van der Waals surface area contributed by atoms with Crippen LogP contribution in [-0.2, 0) is 4.79 Å². The highest BCUT2D eigenvalue weighted by Crippen LogP contribution is 2.20. The molecule has 0 aliphatic carbocycles. The predicted molar refractivity (Wildman–Crippen MR) is 86.3 cm³/mol. The van der Waals surface area contributed by atoms with Crippen molar-refractivity contribution in [1.82, 2.24) is 0 Å². The number of nitrogens with one attached hydrogen (secondary N) is 1. The Morgan fingerprint density at radius 1 is 1.18 bits per heavy atom. The van der Waals surface area contributed by atoms with E-state index in [4.69, 9.17) is 4.74 Å². The molecule has 0 atom stereocenters. The molecule has 2 aromatic carbocycles. The van der Waals surface area contributed by atoms with Crippen molar-refractivity contribution in [1.29, 1.82) is 0 Å². The number of benzene rings is 2. The zero-order valence-corrected chi connectivity index (χ0v) is 12.4. The van der Waals surface area contributed by atoms with E-state index in [-0.39, 0.29) is 5.69 Å². The van der Waals surface area contributed by atoms with E-state index in [9.17, 15) is 9.18 Å². The summed E-state index contributed by atoms with van der Waals surface area (Å²) in [4.78, 5) is 11.9. The van der Waals surface area contributed by atoms with Crippen molar-refractivity contribution in [2.45, 2.75) is 13.3 Å².